The summed E-state index contributed by atoms with van der Waals surface area (Å²) in [7, 11) is 0. The van der Waals surface area contributed by atoms with E-state index in [2.05, 4.69) is 0 Å². The maximum absolute atomic E-state index is 5.42. The van der Waals surface area contributed by atoms with Crippen molar-refractivity contribution in [3.05, 3.63) is 0 Å². The lowest BCUT2D eigenvalue weighted by molar-refractivity contribution is -0.100. The molecule has 0 spiro atoms. The Bertz CT molecular complexity index is 74.2. The van der Waals surface area contributed by atoms with Gasteiger partial charge < -0.3 is 50.2 Å². The molecule has 0 unspecified atom stereocenters. The summed E-state index contributed by atoms with van der Waals surface area (Å²) in [6, 6.07) is 0. The zero-order valence-corrected chi connectivity index (χ0v) is 8.82. The molecule has 1 saturated heterocycles. The van der Waals surface area contributed by atoms with Gasteiger partial charge >= 0.3 is 0 Å². The monoisotopic (exact) mass is 274 g/mol. The Morgan fingerprint density at radius 3 is 1.50 bits per heavy atom. The molecule has 0 aromatic heterocycles. The van der Waals surface area contributed by atoms with Crippen molar-refractivity contribution in [2.24, 2.45) is 16.9 Å². The van der Waals surface area contributed by atoms with E-state index in [1.165, 1.54) is 0 Å². The largest absolute Gasteiger partial charge is 1.00 e. The summed E-state index contributed by atoms with van der Waals surface area (Å²) in [5.74, 6) is 0. The molecular weight excluding hydrogens is 264 g/mol. The summed E-state index contributed by atoms with van der Waals surface area (Å²) in [5, 5.41) is 0. The van der Waals surface area contributed by atoms with Gasteiger partial charge in [0.25, 0.3) is 0 Å². The third-order valence-corrected chi connectivity index (χ3v) is 1.68. The van der Waals surface area contributed by atoms with Gasteiger partial charge in [0, 0.05) is 18.5 Å². The molecule has 1 aliphatic rings. The van der Waals surface area contributed by atoms with Crippen LogP contribution in [0.3, 0.4) is 0 Å². The molecule has 0 bridgehead atoms. The van der Waals surface area contributed by atoms with Gasteiger partial charge in [0.15, 0.2) is 0 Å². The fraction of sp³-hybridized carbons (Fsp3) is 1.00. The van der Waals surface area contributed by atoms with Crippen molar-refractivity contribution in [3.8, 4) is 0 Å². The molecule has 1 fully saturated rings. The highest BCUT2D eigenvalue weighted by molar-refractivity contribution is 4.86. The molecule has 0 atom stereocenters. The summed E-state index contributed by atoms with van der Waals surface area (Å²) in [6.07, 6.45) is 0. The zero-order valence-electron chi connectivity index (χ0n) is 5.65. The molecule has 1 rings (SSSR count). The Balaban J connectivity index is 0. The van der Waals surface area contributed by atoms with Crippen LogP contribution >= 0.6 is 0 Å². The Kier molecular flexibility index (Phi) is 7.37. The van der Waals surface area contributed by atoms with E-state index >= 15 is 0 Å². The molecule has 1 aliphatic heterocycles. The Morgan fingerprint density at radius 1 is 1.10 bits per heavy atom. The Labute approximate surface area is 82.0 Å². The summed E-state index contributed by atoms with van der Waals surface area (Å²) < 4.78 is 4.96. The van der Waals surface area contributed by atoms with Gasteiger partial charge in [0.1, 0.15) is 0 Å². The lowest BCUT2D eigenvalue weighted by atomic mass is 9.87. The van der Waals surface area contributed by atoms with Crippen LogP contribution in [-0.2, 0) is 4.74 Å². The van der Waals surface area contributed by atoms with E-state index in [1.54, 1.807) is 0 Å². The second kappa shape index (κ2) is 5.49. The molecule has 64 valence electrons. The quantitative estimate of drug-likeness (QED) is 0.527. The van der Waals surface area contributed by atoms with Crippen LogP contribution in [0.15, 0.2) is 0 Å². The van der Waals surface area contributed by atoms with E-state index in [0.29, 0.717) is 13.1 Å². The molecule has 4 N–H and O–H groups in total. The molecule has 0 radical (unpaired) electrons. The highest BCUT2D eigenvalue weighted by Gasteiger charge is 2.35. The maximum atomic E-state index is 5.42. The molecule has 0 amide bonds. The van der Waals surface area contributed by atoms with E-state index in [9.17, 15) is 0 Å². The number of ether oxygens (including phenoxy) is 1. The second-order valence-corrected chi connectivity index (χ2v) is 2.40. The minimum absolute atomic E-state index is 0. The van der Waals surface area contributed by atoms with Gasteiger partial charge in [-0.25, -0.2) is 0 Å². The second-order valence-electron chi connectivity index (χ2n) is 2.40. The average molecular weight is 276 g/mol. The maximum Gasteiger partial charge on any atom is 0.0569 e. The molecule has 0 aromatic rings. The number of hydrogen-bond acceptors (Lipinski definition) is 3. The normalized spacial score (nSPS) is 19.8. The number of hydrogen-bond donors (Lipinski definition) is 2. The lowest BCUT2D eigenvalue weighted by Crippen LogP contribution is -3.00. The average Bonchev–Trinajstić information content (AvgIpc) is 1.67. The van der Waals surface area contributed by atoms with Gasteiger partial charge in [-0.1, -0.05) is 0 Å². The highest BCUT2D eigenvalue weighted by atomic mass is 79.9. The van der Waals surface area contributed by atoms with Gasteiger partial charge in [0.05, 0.1) is 13.2 Å². The van der Waals surface area contributed by atoms with Crippen molar-refractivity contribution in [1.29, 1.82) is 0 Å². The van der Waals surface area contributed by atoms with Crippen LogP contribution in [0.25, 0.3) is 0 Å². The molecule has 5 heteroatoms. The minimum atomic E-state index is 0. The van der Waals surface area contributed by atoms with Crippen LogP contribution in [0.4, 0.5) is 0 Å². The smallest absolute Gasteiger partial charge is 0.0569 e. The third kappa shape index (κ3) is 2.47. The van der Waals surface area contributed by atoms with Crippen LogP contribution in [-0.4, -0.2) is 26.3 Å². The first-order chi connectivity index (χ1) is 3.83. The van der Waals surface area contributed by atoms with E-state index in [1.807, 2.05) is 0 Å². The van der Waals surface area contributed by atoms with Gasteiger partial charge in [-0.05, 0) is 0 Å². The van der Waals surface area contributed by atoms with Crippen molar-refractivity contribution in [1.82, 2.24) is 0 Å². The molecule has 0 aliphatic carbocycles. The fourth-order valence-corrected chi connectivity index (χ4v) is 0.710. The first-order valence-corrected chi connectivity index (χ1v) is 2.81. The molecule has 1 heterocycles. The summed E-state index contributed by atoms with van der Waals surface area (Å²) >= 11 is 0. The molecule has 3 nitrogen and oxygen atoms in total. The predicted octanol–water partition coefficient (Wildman–Crippen LogP) is -7.07. The molecular formula is C5H12Br2N2O-2. The third-order valence-electron chi connectivity index (χ3n) is 1.68. The van der Waals surface area contributed by atoms with E-state index < -0.39 is 0 Å². The van der Waals surface area contributed by atoms with E-state index in [0.717, 1.165) is 13.2 Å². The highest BCUT2D eigenvalue weighted by Crippen LogP contribution is 2.23. The summed E-state index contributed by atoms with van der Waals surface area (Å²) in [4.78, 5) is 0. The van der Waals surface area contributed by atoms with Gasteiger partial charge in [0.2, 0.25) is 0 Å². The van der Waals surface area contributed by atoms with Crippen molar-refractivity contribution >= 4 is 0 Å². The zero-order chi connectivity index (χ0) is 6.04. The molecule has 0 aromatic carbocycles. The Hall–Kier alpha value is 0.840. The van der Waals surface area contributed by atoms with Crippen molar-refractivity contribution < 1.29 is 38.7 Å². The summed E-state index contributed by atoms with van der Waals surface area (Å²) in [6.45, 7) is 2.81. The first-order valence-electron chi connectivity index (χ1n) is 2.81. The standard InChI is InChI=1S/C5H12N2O.2BrH/c6-1-5(2-7)3-8-4-5;;/h1-4,6-7H2;2*1H/p-2. The fourth-order valence-electron chi connectivity index (χ4n) is 0.710. The van der Waals surface area contributed by atoms with Gasteiger partial charge in [-0.2, -0.15) is 0 Å². The summed E-state index contributed by atoms with van der Waals surface area (Å²) in [5.41, 5.74) is 11.0. The van der Waals surface area contributed by atoms with E-state index in [4.69, 9.17) is 16.2 Å². The van der Waals surface area contributed by atoms with Crippen molar-refractivity contribution in [2.75, 3.05) is 26.3 Å². The Morgan fingerprint density at radius 2 is 1.50 bits per heavy atom. The first kappa shape index (κ1) is 13.4. The number of rotatable bonds is 2. The molecule has 0 saturated carbocycles. The van der Waals surface area contributed by atoms with Crippen LogP contribution in [0.1, 0.15) is 0 Å². The SMILES string of the molecule is NCC1(CN)COC1.[Br-].[Br-]. The molecule has 10 heavy (non-hydrogen) atoms. The van der Waals surface area contributed by atoms with Crippen molar-refractivity contribution in [3.63, 3.8) is 0 Å². The lowest BCUT2D eigenvalue weighted by Gasteiger charge is -2.39. The van der Waals surface area contributed by atoms with Gasteiger partial charge in [-0.3, -0.25) is 0 Å². The van der Waals surface area contributed by atoms with Crippen LogP contribution in [0, 0.1) is 5.41 Å². The topological polar surface area (TPSA) is 61.3 Å². The van der Waals surface area contributed by atoms with Gasteiger partial charge in [-0.15, -0.1) is 0 Å². The van der Waals surface area contributed by atoms with Crippen LogP contribution < -0.4 is 45.4 Å². The minimum Gasteiger partial charge on any atom is -1.00 e. The number of nitrogens with two attached hydrogens (primary N) is 2. The number of halogens is 2. The predicted molar refractivity (Wildman–Crippen MR) is 31.4 cm³/mol. The van der Waals surface area contributed by atoms with Crippen LogP contribution in [0.2, 0.25) is 0 Å². The van der Waals surface area contributed by atoms with Crippen LogP contribution in [0.5, 0.6) is 0 Å². The van der Waals surface area contributed by atoms with E-state index in [-0.39, 0.29) is 39.4 Å². The van der Waals surface area contributed by atoms with Crippen molar-refractivity contribution in [2.45, 2.75) is 0 Å².